The Morgan fingerprint density at radius 1 is 1.15 bits per heavy atom. The molecule has 1 N–H and O–H groups in total. The van der Waals surface area contributed by atoms with Crippen molar-refractivity contribution in [2.24, 2.45) is 0 Å². The van der Waals surface area contributed by atoms with Crippen LogP contribution in [0.25, 0.3) is 10.6 Å². The molecule has 1 aliphatic carbocycles. The Hall–Kier alpha value is -2.85. The summed E-state index contributed by atoms with van der Waals surface area (Å²) in [6, 6.07) is 8.56. The van der Waals surface area contributed by atoms with Crippen LogP contribution in [0, 0.1) is 6.92 Å². The van der Waals surface area contributed by atoms with Crippen molar-refractivity contribution in [3.8, 4) is 16.3 Å². The van der Waals surface area contributed by atoms with Gasteiger partial charge in [-0.2, -0.15) is 13.2 Å². The molecule has 2 aromatic carbocycles. The van der Waals surface area contributed by atoms with Crippen LogP contribution in [-0.2, 0) is 34.4 Å². The lowest BCUT2D eigenvalue weighted by atomic mass is 9.90. The summed E-state index contributed by atoms with van der Waals surface area (Å²) in [4.78, 5) is 29.4. The van der Waals surface area contributed by atoms with Crippen LogP contribution >= 0.6 is 23.1 Å². The van der Waals surface area contributed by atoms with Gasteiger partial charge in [0.1, 0.15) is 16.5 Å². The maximum absolute atomic E-state index is 12.8. The first-order chi connectivity index (χ1) is 16.1. The van der Waals surface area contributed by atoms with E-state index in [0.29, 0.717) is 34.9 Å². The smallest absolute Gasteiger partial charge is 0.416 e. The number of nitrogens with zero attached hydrogens (tertiary/aromatic N) is 1. The number of ether oxygens (including phenoxy) is 1. The second kappa shape index (κ2) is 9.79. The number of alkyl halides is 3. The molecule has 34 heavy (non-hydrogen) atoms. The normalized spacial score (nSPS) is 13.6. The van der Waals surface area contributed by atoms with E-state index >= 15 is 0 Å². The van der Waals surface area contributed by atoms with E-state index in [0.717, 1.165) is 38.7 Å². The molecule has 1 heterocycles. The van der Waals surface area contributed by atoms with Gasteiger partial charge in [0.05, 0.1) is 11.3 Å². The van der Waals surface area contributed by atoms with E-state index in [4.69, 9.17) is 9.84 Å². The van der Waals surface area contributed by atoms with E-state index in [1.54, 1.807) is 17.8 Å². The van der Waals surface area contributed by atoms with E-state index < -0.39 is 24.3 Å². The highest BCUT2D eigenvalue weighted by atomic mass is 32.2. The number of aromatic nitrogens is 1. The summed E-state index contributed by atoms with van der Waals surface area (Å²) < 4.78 is 43.9. The van der Waals surface area contributed by atoms with Crippen molar-refractivity contribution in [2.75, 3.05) is 6.61 Å². The summed E-state index contributed by atoms with van der Waals surface area (Å²) >= 11 is 3.03. The number of benzene rings is 2. The van der Waals surface area contributed by atoms with Crippen LogP contribution in [0.15, 0.2) is 41.3 Å². The molecule has 0 bridgehead atoms. The maximum atomic E-state index is 12.8. The Kier molecular flexibility index (Phi) is 6.99. The molecule has 0 aliphatic heterocycles. The second-order valence-electron chi connectivity index (χ2n) is 7.81. The van der Waals surface area contributed by atoms with Gasteiger partial charge in [0.25, 0.3) is 0 Å². The number of thiazole rings is 1. The number of rotatable bonds is 7. The van der Waals surface area contributed by atoms with Crippen LogP contribution in [0.2, 0.25) is 0 Å². The Morgan fingerprint density at radius 2 is 1.88 bits per heavy atom. The van der Waals surface area contributed by atoms with E-state index in [2.05, 4.69) is 4.98 Å². The predicted octanol–water partition coefficient (Wildman–Crippen LogP) is 5.95. The number of aliphatic carboxylic acids is 1. The molecule has 5 nitrogen and oxygen atoms in total. The number of carboxylic acid groups (broad SMARTS) is 1. The average Bonchev–Trinajstić information content (AvgIpc) is 3.16. The van der Waals surface area contributed by atoms with Gasteiger partial charge in [-0.15, -0.1) is 23.1 Å². The van der Waals surface area contributed by atoms with Crippen molar-refractivity contribution in [1.29, 1.82) is 0 Å². The van der Waals surface area contributed by atoms with Crippen LogP contribution in [-0.4, -0.2) is 28.4 Å². The quantitative estimate of drug-likeness (QED) is 0.398. The summed E-state index contributed by atoms with van der Waals surface area (Å²) in [6.07, 6.45) is -3.16. The largest absolute Gasteiger partial charge is 0.482 e. The third-order valence-corrected chi connectivity index (χ3v) is 7.95. The molecular formula is C24H20F3NO4S2. The molecule has 0 fully saturated rings. The number of aryl methyl sites for hydroxylation is 1. The number of hydrogen-bond acceptors (Lipinski definition) is 6. The molecule has 0 saturated heterocycles. The number of halogens is 3. The van der Waals surface area contributed by atoms with Crippen LogP contribution in [0.1, 0.15) is 33.7 Å². The number of carbonyl (C=O) groups excluding carboxylic acids is 1. The van der Waals surface area contributed by atoms with Crippen molar-refractivity contribution in [3.63, 3.8) is 0 Å². The minimum absolute atomic E-state index is 0.0920. The first-order valence-corrected chi connectivity index (χ1v) is 12.2. The second-order valence-corrected chi connectivity index (χ2v) is 9.91. The van der Waals surface area contributed by atoms with Gasteiger partial charge in [0.2, 0.25) is 0 Å². The number of carboxylic acids is 1. The number of fused-ring (bicyclic) bond motifs is 1. The summed E-state index contributed by atoms with van der Waals surface area (Å²) in [5, 5.41) is 9.56. The number of hydrogen-bond donors (Lipinski definition) is 1. The van der Waals surface area contributed by atoms with Gasteiger partial charge in [0.15, 0.2) is 6.61 Å². The van der Waals surface area contributed by atoms with Crippen LogP contribution < -0.4 is 4.74 Å². The molecule has 0 amide bonds. The van der Waals surface area contributed by atoms with Gasteiger partial charge in [0, 0.05) is 39.5 Å². The molecule has 4 rings (SSSR count). The Labute approximate surface area is 202 Å². The molecular weight excluding hydrogens is 487 g/mol. The number of carbonyl (C=O) groups is 2. The van der Waals surface area contributed by atoms with Crippen molar-refractivity contribution < 1.29 is 32.6 Å². The third kappa shape index (κ3) is 5.44. The van der Waals surface area contributed by atoms with Crippen LogP contribution in [0.4, 0.5) is 13.2 Å². The molecule has 1 aliphatic rings. The SMILES string of the molecule is Cc1nc(-c2ccc(C(F)(F)F)cc2)sc1CSc1ccc(OCC(=O)O)c2c1CCC(=O)C2. The van der Waals surface area contributed by atoms with E-state index in [9.17, 15) is 22.8 Å². The van der Waals surface area contributed by atoms with Gasteiger partial charge in [-0.3, -0.25) is 4.79 Å². The van der Waals surface area contributed by atoms with Gasteiger partial charge >= 0.3 is 12.1 Å². The lowest BCUT2D eigenvalue weighted by Crippen LogP contribution is -2.17. The fraction of sp³-hybridized carbons (Fsp3) is 0.292. The van der Waals surface area contributed by atoms with E-state index in [1.165, 1.54) is 23.5 Å². The van der Waals surface area contributed by atoms with E-state index in [1.807, 2.05) is 13.0 Å². The van der Waals surface area contributed by atoms with Crippen molar-refractivity contribution in [3.05, 3.63) is 63.7 Å². The zero-order valence-electron chi connectivity index (χ0n) is 18.1. The van der Waals surface area contributed by atoms with Crippen molar-refractivity contribution >= 4 is 34.9 Å². The Morgan fingerprint density at radius 3 is 2.56 bits per heavy atom. The summed E-state index contributed by atoms with van der Waals surface area (Å²) in [7, 11) is 0. The Bertz CT molecular complexity index is 1240. The third-order valence-electron chi connectivity index (χ3n) is 5.43. The monoisotopic (exact) mass is 507 g/mol. The summed E-state index contributed by atoms with van der Waals surface area (Å²) in [5.74, 6) is 0.0429. The highest BCUT2D eigenvalue weighted by molar-refractivity contribution is 7.98. The zero-order chi connectivity index (χ0) is 24.5. The number of thioether (sulfide) groups is 1. The van der Waals surface area contributed by atoms with Crippen molar-refractivity contribution in [2.45, 2.75) is 43.0 Å². The first kappa shape index (κ1) is 24.3. The van der Waals surface area contributed by atoms with Gasteiger partial charge in [-0.25, -0.2) is 9.78 Å². The highest BCUT2D eigenvalue weighted by Crippen LogP contribution is 2.39. The lowest BCUT2D eigenvalue weighted by Gasteiger charge is -2.21. The summed E-state index contributed by atoms with van der Waals surface area (Å²) in [5.41, 5.74) is 2.50. The Balaban J connectivity index is 1.53. The fourth-order valence-electron chi connectivity index (χ4n) is 3.71. The van der Waals surface area contributed by atoms with E-state index in [-0.39, 0.29) is 12.2 Å². The fourth-order valence-corrected chi connectivity index (χ4v) is 6.04. The van der Waals surface area contributed by atoms with Gasteiger partial charge < -0.3 is 9.84 Å². The van der Waals surface area contributed by atoms with Crippen LogP contribution in [0.5, 0.6) is 5.75 Å². The minimum Gasteiger partial charge on any atom is -0.482 e. The summed E-state index contributed by atoms with van der Waals surface area (Å²) in [6.45, 7) is 1.40. The molecule has 3 aromatic rings. The maximum Gasteiger partial charge on any atom is 0.416 e. The standard InChI is InChI=1S/C24H20F3NO4S2/c1-13-21(34-23(28-13)14-2-4-15(5-3-14)24(25,26)27)12-33-20-9-8-19(32-11-22(30)31)18-10-16(29)6-7-17(18)20/h2-5,8-9H,6-7,10-12H2,1H3,(H,30,31). The van der Waals surface area contributed by atoms with Crippen molar-refractivity contribution in [1.82, 2.24) is 4.98 Å². The molecule has 1 aromatic heterocycles. The number of Topliss-reactive ketones (excluding diaryl/α,β-unsaturated/α-hetero) is 1. The molecule has 0 unspecified atom stereocenters. The highest BCUT2D eigenvalue weighted by Gasteiger charge is 2.30. The molecule has 178 valence electrons. The molecule has 0 spiro atoms. The van der Waals surface area contributed by atoms with Gasteiger partial charge in [-0.05, 0) is 43.2 Å². The zero-order valence-corrected chi connectivity index (χ0v) is 19.7. The molecule has 0 atom stereocenters. The molecule has 10 heteroatoms. The van der Waals surface area contributed by atoms with Gasteiger partial charge in [-0.1, -0.05) is 12.1 Å². The molecule has 0 saturated carbocycles. The topological polar surface area (TPSA) is 76.5 Å². The lowest BCUT2D eigenvalue weighted by molar-refractivity contribution is -0.139. The number of ketones is 1. The minimum atomic E-state index is -4.38. The predicted molar refractivity (Wildman–Crippen MR) is 123 cm³/mol. The first-order valence-electron chi connectivity index (χ1n) is 10.4. The van der Waals surface area contributed by atoms with Crippen LogP contribution in [0.3, 0.4) is 0 Å². The molecule has 0 radical (unpaired) electrons. The average molecular weight is 508 g/mol.